The van der Waals surface area contributed by atoms with E-state index >= 15 is 0 Å². The molecule has 0 aliphatic carbocycles. The van der Waals surface area contributed by atoms with E-state index in [0.717, 1.165) is 11.1 Å². The molecule has 2 amide bonds. The first-order valence-corrected chi connectivity index (χ1v) is 17.4. The summed E-state index contributed by atoms with van der Waals surface area (Å²) in [5.41, 5.74) is 11.5. The van der Waals surface area contributed by atoms with Crippen LogP contribution in [0.15, 0.2) is 22.5 Å². The molecule has 53 heavy (non-hydrogen) atoms. The summed E-state index contributed by atoms with van der Waals surface area (Å²) in [5.74, 6) is -9.46. The van der Waals surface area contributed by atoms with Crippen LogP contribution >= 0.6 is 23.5 Å². The Morgan fingerprint density at radius 1 is 1.04 bits per heavy atom. The van der Waals surface area contributed by atoms with Gasteiger partial charge in [-0.05, 0) is 18.4 Å². The number of oxime groups is 1. The monoisotopic (exact) mass is 797 g/mol. The predicted molar refractivity (Wildman–Crippen MR) is 140 cm³/mol. The zero-order chi connectivity index (χ0) is 36.8. The van der Waals surface area contributed by atoms with E-state index in [-0.39, 0.29) is 108 Å². The van der Waals surface area contributed by atoms with Crippen molar-refractivity contribution in [3.63, 3.8) is 0 Å². The molecule has 1 fully saturated rings. The van der Waals surface area contributed by atoms with Gasteiger partial charge in [-0.2, -0.15) is 0 Å². The number of ether oxygens (including phenoxy) is 2. The smallest absolute Gasteiger partial charge is 0.790 e. The number of rotatable bonds is 17. The number of aliphatic hydroxyl groups is 1. The number of carbonyl (C=O) groups excluding carboxylic acids is 1. The Morgan fingerprint density at radius 2 is 1.62 bits per heavy atom. The molecule has 2 heterocycles. The summed E-state index contributed by atoms with van der Waals surface area (Å²) in [6, 6.07) is -0.914. The zero-order valence-electron chi connectivity index (χ0n) is 28.0. The minimum absolute atomic E-state index is 0. The Balaban J connectivity index is 0. The summed E-state index contributed by atoms with van der Waals surface area (Å²) >= 11 is 0. The number of nitrogens with zero attached hydrogens (tertiary/aromatic N) is 5. The van der Waals surface area contributed by atoms with Gasteiger partial charge in [0.2, 0.25) is 5.85 Å². The van der Waals surface area contributed by atoms with Crippen molar-refractivity contribution in [2.75, 3.05) is 19.8 Å². The average molecular weight is 797 g/mol. The van der Waals surface area contributed by atoms with Crippen LogP contribution in [0.5, 0.6) is 0 Å². The predicted octanol–water partition coefficient (Wildman–Crippen LogP) is -12.2. The molecule has 4 N–H and O–H groups in total. The first-order chi connectivity index (χ1) is 22.7. The quantitative estimate of drug-likeness (QED) is 0.0113. The molecule has 3 unspecified atom stereocenters. The molecule has 2 aliphatic rings. The van der Waals surface area contributed by atoms with E-state index < -0.39 is 94.9 Å². The Morgan fingerprint density at radius 3 is 2.17 bits per heavy atom. The van der Waals surface area contributed by atoms with Crippen LogP contribution in [-0.4, -0.2) is 66.4 Å². The van der Waals surface area contributed by atoms with Gasteiger partial charge in [0.1, 0.15) is 24.6 Å². The first-order valence-electron chi connectivity index (χ1n) is 13.0. The third kappa shape index (κ3) is 16.4. The van der Waals surface area contributed by atoms with Crippen molar-refractivity contribution in [3.8, 4) is 0 Å². The third-order valence-electron chi connectivity index (χ3n) is 5.98. The van der Waals surface area contributed by atoms with Crippen molar-refractivity contribution >= 4 is 41.4 Å². The van der Waals surface area contributed by atoms with Crippen molar-refractivity contribution in [3.05, 3.63) is 51.6 Å². The number of amides is 2. The van der Waals surface area contributed by atoms with Crippen molar-refractivity contribution < 1.29 is 164 Å². The van der Waals surface area contributed by atoms with E-state index in [9.17, 15) is 60.7 Å². The number of urea groups is 1. The van der Waals surface area contributed by atoms with E-state index in [4.69, 9.17) is 25.6 Å². The van der Waals surface area contributed by atoms with Crippen LogP contribution in [-0.2, 0) is 41.2 Å². The summed E-state index contributed by atoms with van der Waals surface area (Å²) < 4.78 is 110. The number of halogens is 4. The average Bonchev–Trinajstić information content (AvgIpc) is 3.34. The Kier molecular flexibility index (Phi) is 23.6. The van der Waals surface area contributed by atoms with Gasteiger partial charge in [-0.3, -0.25) is 29.4 Å². The van der Waals surface area contributed by atoms with Gasteiger partial charge < -0.3 is 48.1 Å². The molecule has 0 spiro atoms. The molecule has 3 rings (SSSR count). The van der Waals surface area contributed by atoms with E-state index in [2.05, 4.69) is 33.6 Å². The number of hydrogen-bond acceptors (Lipinski definition) is 18. The molecule has 1 saturated heterocycles. The van der Waals surface area contributed by atoms with Gasteiger partial charge in [0.15, 0.2) is 23.3 Å². The molecule has 0 aromatic heterocycles. The van der Waals surface area contributed by atoms with Crippen LogP contribution in [0.3, 0.4) is 0 Å². The normalized spacial score (nSPS) is 23.2. The van der Waals surface area contributed by atoms with Crippen LogP contribution in [0.2, 0.25) is 0 Å². The van der Waals surface area contributed by atoms with Crippen molar-refractivity contribution in [1.29, 1.82) is 0 Å². The third-order valence-corrected chi connectivity index (χ3v) is 9.64. The minimum Gasteiger partial charge on any atom is -0.790 e. The van der Waals surface area contributed by atoms with E-state index in [0.29, 0.717) is 6.21 Å². The Labute approximate surface area is 344 Å². The second-order valence-corrected chi connectivity index (χ2v) is 13.8. The molecular weight excluding hydrogens is 775 g/mol. The number of azide groups is 1. The van der Waals surface area contributed by atoms with Crippen LogP contribution < -0.4 is 106 Å². The van der Waals surface area contributed by atoms with Gasteiger partial charge in [-0.1, -0.05) is 10.3 Å². The molecule has 6 atom stereocenters. The number of aliphatic hydroxyl groups excluding tert-OH is 1. The molecule has 0 saturated carbocycles. The summed E-state index contributed by atoms with van der Waals surface area (Å²) in [6.07, 6.45) is -1.49. The summed E-state index contributed by atoms with van der Waals surface area (Å²) in [7, 11) is -18.3. The second kappa shape index (κ2) is 22.9. The number of nitrogens with one attached hydrogen (secondary N) is 1. The maximum Gasteiger partial charge on any atom is 1.00 e. The number of phosphoric acid groups is 3. The van der Waals surface area contributed by atoms with Crippen LogP contribution in [0, 0.1) is 23.3 Å². The minimum atomic E-state index is -6.21. The fraction of sp³-hybridized carbons (Fsp3) is 0.500. The van der Waals surface area contributed by atoms with Gasteiger partial charge in [0.05, 0.1) is 38.9 Å². The number of phosphoric ester groups is 1. The standard InChI is InChI=1S/C20H26F4N7O15P3.4Li/c21-14-10(15(22)17(24)18(16(14)23)29-30-26)8-27-42-6-2-1-5-41-20(25)3-4-31(19(33)28-20)13-7-11(32)12(44-13)9-43-48(37,38)46-49(39,40)45-47(34,35)36;;;;/h3-4,8,11-13,32H,1-2,5-7,9,25H2,(H,28,33)(H,37,38)(H,39,40)(H2,34,35,36);;;;/q;4*+1/p-4/t11-,12+,13+,20?;;;;/m0..../s1. The van der Waals surface area contributed by atoms with Gasteiger partial charge in [-0.25, -0.2) is 26.7 Å². The molecule has 0 bridgehead atoms. The maximum absolute atomic E-state index is 14.0. The molecule has 1 aromatic carbocycles. The molecule has 22 nitrogen and oxygen atoms in total. The van der Waals surface area contributed by atoms with Gasteiger partial charge in [-0.15, -0.1) is 0 Å². The topological polar surface area (TPSA) is 339 Å². The number of unbranched alkanes of at least 4 members (excludes halogenated alkanes) is 1. The molecule has 33 heteroatoms. The Hall–Kier alpha value is -0.630. The molecular formula is C20H22F4Li4N7O15P3. The summed E-state index contributed by atoms with van der Waals surface area (Å²) in [6.45, 7) is -1.36. The van der Waals surface area contributed by atoms with E-state index in [1.54, 1.807) is 0 Å². The molecule has 2 aliphatic heterocycles. The second-order valence-electron chi connectivity index (χ2n) is 9.51. The molecule has 0 radical (unpaired) electrons. The van der Waals surface area contributed by atoms with Crippen molar-refractivity contribution in [2.24, 2.45) is 16.0 Å². The van der Waals surface area contributed by atoms with Crippen LogP contribution in [0.4, 0.5) is 28.0 Å². The SMILES string of the molecule is [Li+].[Li+].[Li+].[Li+].[N-]=[N+]=Nc1c(F)c(F)c(C=NOCCCCOC2(N)C=CN([C@H]3C[C@H](O)[C@@H](COP(=O)([O-])OP(=O)([O-])OP(=O)([O-])[O-])O3)C(=O)N2)c(F)c1F. The van der Waals surface area contributed by atoms with Crippen LogP contribution in [0.1, 0.15) is 24.8 Å². The van der Waals surface area contributed by atoms with Crippen molar-refractivity contribution in [1.82, 2.24) is 10.2 Å². The van der Waals surface area contributed by atoms with Gasteiger partial charge in [0.25, 0.3) is 15.6 Å². The van der Waals surface area contributed by atoms with Gasteiger partial charge >= 0.3 is 81.5 Å². The molecule has 274 valence electrons. The van der Waals surface area contributed by atoms with Gasteiger partial charge in [0, 0.05) is 23.6 Å². The largest absolute Gasteiger partial charge is 1.00 e. The first kappa shape index (κ1) is 54.5. The van der Waals surface area contributed by atoms with E-state index in [1.165, 1.54) is 6.08 Å². The Bertz CT molecular complexity index is 1660. The zero-order valence-corrected chi connectivity index (χ0v) is 30.7. The maximum atomic E-state index is 14.0. The van der Waals surface area contributed by atoms with Crippen LogP contribution in [0.25, 0.3) is 10.4 Å². The number of carbonyl (C=O) groups is 1. The van der Waals surface area contributed by atoms with Crippen molar-refractivity contribution in [2.45, 2.75) is 43.5 Å². The fourth-order valence-corrected chi connectivity index (χ4v) is 6.73. The number of hydrogen-bond donors (Lipinski definition) is 3. The summed E-state index contributed by atoms with van der Waals surface area (Å²) in [5, 5.41) is 18.3. The van der Waals surface area contributed by atoms with E-state index in [1.807, 2.05) is 0 Å². The fourth-order valence-electron chi connectivity index (χ4n) is 3.86. The number of nitrogens with two attached hydrogens (primary N) is 1. The molecule has 1 aromatic rings. The summed E-state index contributed by atoms with van der Waals surface area (Å²) in [4.78, 5) is 64.2. The number of benzene rings is 1.